The summed E-state index contributed by atoms with van der Waals surface area (Å²) in [5, 5.41) is 11.5. The van der Waals surface area contributed by atoms with Gasteiger partial charge in [-0.2, -0.15) is 5.10 Å². The molecule has 0 aliphatic carbocycles. The van der Waals surface area contributed by atoms with Crippen LogP contribution < -0.4 is 10.6 Å². The molecule has 1 atom stereocenters. The molecular formula is C16H31IN6O. The van der Waals surface area contributed by atoms with Crippen molar-refractivity contribution in [3.63, 3.8) is 0 Å². The van der Waals surface area contributed by atoms with E-state index in [0.29, 0.717) is 18.6 Å². The Bertz CT molecular complexity index is 515. The van der Waals surface area contributed by atoms with E-state index in [9.17, 15) is 0 Å². The molecule has 0 spiro atoms. The first-order valence-corrected chi connectivity index (χ1v) is 8.58. The maximum Gasteiger partial charge on any atom is 0.191 e. The van der Waals surface area contributed by atoms with Crippen molar-refractivity contribution in [2.24, 2.45) is 10.9 Å². The first kappa shape index (κ1) is 21.1. The van der Waals surface area contributed by atoms with E-state index in [0.717, 1.165) is 43.5 Å². The average molecular weight is 450 g/mol. The van der Waals surface area contributed by atoms with Crippen molar-refractivity contribution in [1.29, 1.82) is 0 Å². The smallest absolute Gasteiger partial charge is 0.191 e. The molecule has 2 N–H and O–H groups in total. The number of nitrogens with zero attached hydrogens (tertiary/aromatic N) is 4. The van der Waals surface area contributed by atoms with Crippen LogP contribution in [-0.2, 0) is 24.3 Å². The van der Waals surface area contributed by atoms with Gasteiger partial charge in [0.2, 0.25) is 0 Å². The van der Waals surface area contributed by atoms with Gasteiger partial charge in [-0.3, -0.25) is 4.99 Å². The Hall–Kier alpha value is -0.900. The molecule has 2 rings (SSSR count). The summed E-state index contributed by atoms with van der Waals surface area (Å²) < 4.78 is 7.10. The van der Waals surface area contributed by atoms with Gasteiger partial charge in [0.05, 0.1) is 6.54 Å². The predicted molar refractivity (Wildman–Crippen MR) is 107 cm³/mol. The second-order valence-corrected chi connectivity index (χ2v) is 6.07. The molecule has 0 radical (unpaired) electrons. The molecular weight excluding hydrogens is 419 g/mol. The van der Waals surface area contributed by atoms with Gasteiger partial charge >= 0.3 is 0 Å². The highest BCUT2D eigenvalue weighted by molar-refractivity contribution is 14.0. The average Bonchev–Trinajstić information content (AvgIpc) is 2.96. The number of aromatic nitrogens is 3. The zero-order chi connectivity index (χ0) is 16.7. The Kier molecular flexibility index (Phi) is 9.57. The number of aryl methyl sites for hydroxylation is 1. The molecule has 0 saturated heterocycles. The third-order valence-corrected chi connectivity index (χ3v) is 4.45. The molecule has 0 bridgehead atoms. The van der Waals surface area contributed by atoms with Crippen LogP contribution in [0.25, 0.3) is 0 Å². The van der Waals surface area contributed by atoms with Crippen molar-refractivity contribution in [3.05, 3.63) is 11.6 Å². The van der Waals surface area contributed by atoms with E-state index in [1.165, 1.54) is 12.8 Å². The lowest BCUT2D eigenvalue weighted by molar-refractivity contribution is 0.177. The van der Waals surface area contributed by atoms with E-state index in [4.69, 9.17) is 4.74 Å². The molecule has 7 nitrogen and oxygen atoms in total. The maximum absolute atomic E-state index is 5.11. The molecule has 1 aliphatic rings. The minimum Gasteiger partial charge on any atom is -0.377 e. The van der Waals surface area contributed by atoms with Crippen LogP contribution in [-0.4, -0.2) is 47.5 Å². The third kappa shape index (κ3) is 5.87. The number of fused-ring (bicyclic) bond motifs is 1. The molecule has 1 aliphatic heterocycles. The lowest BCUT2D eigenvalue weighted by atomic mass is 10.0. The largest absolute Gasteiger partial charge is 0.377 e. The molecule has 24 heavy (non-hydrogen) atoms. The minimum absolute atomic E-state index is 0. The first-order chi connectivity index (χ1) is 11.2. The second-order valence-electron chi connectivity index (χ2n) is 6.07. The van der Waals surface area contributed by atoms with Crippen LogP contribution in [0.15, 0.2) is 4.99 Å². The van der Waals surface area contributed by atoms with E-state index in [-0.39, 0.29) is 24.0 Å². The number of hydrogen-bond donors (Lipinski definition) is 2. The van der Waals surface area contributed by atoms with Gasteiger partial charge in [0.25, 0.3) is 0 Å². The summed E-state index contributed by atoms with van der Waals surface area (Å²) in [4.78, 5) is 8.85. The van der Waals surface area contributed by atoms with Crippen LogP contribution in [0.3, 0.4) is 0 Å². The summed E-state index contributed by atoms with van der Waals surface area (Å²) in [5.74, 6) is 3.38. The van der Waals surface area contributed by atoms with Gasteiger partial charge in [-0.1, -0.05) is 26.7 Å². The number of methoxy groups -OCH3 is 1. The maximum atomic E-state index is 5.11. The predicted octanol–water partition coefficient (Wildman–Crippen LogP) is 1.96. The molecule has 1 aromatic heterocycles. The van der Waals surface area contributed by atoms with Crippen molar-refractivity contribution >= 4 is 29.9 Å². The molecule has 0 aromatic carbocycles. The van der Waals surface area contributed by atoms with Crippen molar-refractivity contribution < 1.29 is 4.74 Å². The van der Waals surface area contributed by atoms with Crippen LogP contribution in [0.5, 0.6) is 0 Å². The summed E-state index contributed by atoms with van der Waals surface area (Å²) >= 11 is 0. The first-order valence-electron chi connectivity index (χ1n) is 8.58. The number of nitrogens with one attached hydrogen (secondary N) is 2. The van der Waals surface area contributed by atoms with Crippen LogP contribution >= 0.6 is 24.0 Å². The van der Waals surface area contributed by atoms with Crippen LogP contribution in [0, 0.1) is 5.92 Å². The summed E-state index contributed by atoms with van der Waals surface area (Å²) in [7, 11) is 3.49. The zero-order valence-electron chi connectivity index (χ0n) is 15.2. The lowest BCUT2D eigenvalue weighted by Crippen LogP contribution is -2.48. The number of hydrogen-bond acceptors (Lipinski definition) is 4. The summed E-state index contributed by atoms with van der Waals surface area (Å²) in [6.07, 6.45) is 4.34. The fourth-order valence-electron chi connectivity index (χ4n) is 2.88. The monoisotopic (exact) mass is 450 g/mol. The van der Waals surface area contributed by atoms with Gasteiger partial charge in [-0.05, 0) is 12.3 Å². The van der Waals surface area contributed by atoms with E-state index >= 15 is 0 Å². The Labute approximate surface area is 162 Å². The van der Waals surface area contributed by atoms with E-state index < -0.39 is 0 Å². The fraction of sp³-hybridized carbons (Fsp3) is 0.812. The molecule has 0 fully saturated rings. The highest BCUT2D eigenvalue weighted by Crippen LogP contribution is 2.13. The van der Waals surface area contributed by atoms with Crippen LogP contribution in [0.2, 0.25) is 0 Å². The summed E-state index contributed by atoms with van der Waals surface area (Å²) in [5.41, 5.74) is 0. The number of aliphatic imine (C=N–C) groups is 1. The molecule has 2 heterocycles. The van der Waals surface area contributed by atoms with Gasteiger partial charge in [0.15, 0.2) is 11.8 Å². The Morgan fingerprint density at radius 3 is 2.79 bits per heavy atom. The minimum atomic E-state index is 0. The normalized spacial score (nSPS) is 17.4. The topological polar surface area (TPSA) is 76.4 Å². The van der Waals surface area contributed by atoms with Crippen molar-refractivity contribution in [2.75, 3.05) is 20.7 Å². The molecule has 138 valence electrons. The van der Waals surface area contributed by atoms with Gasteiger partial charge < -0.3 is 15.4 Å². The van der Waals surface area contributed by atoms with Crippen molar-refractivity contribution in [2.45, 2.75) is 58.7 Å². The SMILES string of the molecule is CCC(CC)CNC(=NC)NC1CCc2nc(COC)nn2C1.I. The number of guanidine groups is 1. The van der Waals surface area contributed by atoms with Crippen LogP contribution in [0.1, 0.15) is 44.8 Å². The standard InChI is InChI=1S/C16H30N6O.HI/c1-5-12(6-2)9-18-16(17-3)19-13-7-8-15-20-14(11-23-4)21-22(15)10-13;/h12-13H,5-11H2,1-4H3,(H2,17,18,19);1H. The number of halogens is 1. The Morgan fingerprint density at radius 1 is 1.42 bits per heavy atom. The number of rotatable bonds is 7. The number of ether oxygens (including phenoxy) is 1. The van der Waals surface area contributed by atoms with Gasteiger partial charge in [-0.25, -0.2) is 9.67 Å². The molecule has 1 aromatic rings. The summed E-state index contributed by atoms with van der Waals surface area (Å²) in [6, 6.07) is 0.326. The zero-order valence-corrected chi connectivity index (χ0v) is 17.5. The lowest BCUT2D eigenvalue weighted by Gasteiger charge is -2.26. The van der Waals surface area contributed by atoms with Crippen molar-refractivity contribution in [1.82, 2.24) is 25.4 Å². The molecule has 0 amide bonds. The van der Waals surface area contributed by atoms with Gasteiger partial charge in [-0.15, -0.1) is 24.0 Å². The quantitative estimate of drug-likeness (QED) is 0.378. The Morgan fingerprint density at radius 2 is 2.17 bits per heavy atom. The van der Waals surface area contributed by atoms with Crippen molar-refractivity contribution in [3.8, 4) is 0 Å². The molecule has 8 heteroatoms. The van der Waals surface area contributed by atoms with Gasteiger partial charge in [0.1, 0.15) is 12.4 Å². The van der Waals surface area contributed by atoms with E-state index in [2.05, 4.69) is 39.6 Å². The van der Waals surface area contributed by atoms with Gasteiger partial charge in [0, 0.05) is 33.2 Å². The fourth-order valence-corrected chi connectivity index (χ4v) is 2.88. The van der Waals surface area contributed by atoms with E-state index in [1.54, 1.807) is 7.11 Å². The second kappa shape index (κ2) is 10.9. The molecule has 0 saturated carbocycles. The highest BCUT2D eigenvalue weighted by atomic mass is 127. The Balaban J connectivity index is 0.00000288. The third-order valence-electron chi connectivity index (χ3n) is 4.45. The summed E-state index contributed by atoms with van der Waals surface area (Å²) in [6.45, 7) is 6.72. The highest BCUT2D eigenvalue weighted by Gasteiger charge is 2.22. The molecule has 1 unspecified atom stereocenters. The van der Waals surface area contributed by atoms with E-state index in [1.807, 2.05) is 11.7 Å². The van der Waals surface area contributed by atoms with Crippen LogP contribution in [0.4, 0.5) is 0 Å².